The Morgan fingerprint density at radius 1 is 1.46 bits per heavy atom. The van der Waals surface area contributed by atoms with Gasteiger partial charge >= 0.3 is 5.97 Å². The van der Waals surface area contributed by atoms with Crippen LogP contribution in [0.4, 0.5) is 0 Å². The van der Waals surface area contributed by atoms with E-state index in [0.29, 0.717) is 29.4 Å². The maximum atomic E-state index is 12.4. The van der Waals surface area contributed by atoms with Crippen LogP contribution in [0.3, 0.4) is 0 Å². The van der Waals surface area contributed by atoms with Gasteiger partial charge in [0.05, 0.1) is 18.0 Å². The predicted octanol–water partition coefficient (Wildman–Crippen LogP) is 1.00. The summed E-state index contributed by atoms with van der Waals surface area (Å²) < 4.78 is 4.58. The molecule has 0 aliphatic rings. The Labute approximate surface area is 150 Å². The number of benzene rings is 1. The lowest BCUT2D eigenvalue weighted by molar-refractivity contribution is -0.139. The van der Waals surface area contributed by atoms with Crippen LogP contribution in [-0.2, 0) is 9.53 Å². The van der Waals surface area contributed by atoms with E-state index in [1.807, 2.05) is 19.1 Å². The van der Waals surface area contributed by atoms with E-state index in [0.717, 1.165) is 5.56 Å². The molecular weight excluding hydrogens is 336 g/mol. The number of carbonyl (C=O) groups excluding carboxylic acids is 1. The van der Waals surface area contributed by atoms with Crippen LogP contribution in [0.25, 0.3) is 16.5 Å². The van der Waals surface area contributed by atoms with Gasteiger partial charge in [0, 0.05) is 12.3 Å². The molecule has 0 unspecified atom stereocenters. The summed E-state index contributed by atoms with van der Waals surface area (Å²) >= 11 is 0. The Balaban J connectivity index is 2.53. The Hall–Kier alpha value is -3.18. The molecule has 1 aromatic heterocycles. The molecule has 0 bridgehead atoms. The lowest BCUT2D eigenvalue weighted by Gasteiger charge is -2.12. The first-order chi connectivity index (χ1) is 12.5. The Kier molecular flexibility index (Phi) is 6.47. The van der Waals surface area contributed by atoms with Gasteiger partial charge in [0.2, 0.25) is 0 Å². The third-order valence-corrected chi connectivity index (χ3v) is 3.77. The molecule has 0 radical (unpaired) electrons. The van der Waals surface area contributed by atoms with Crippen LogP contribution < -0.4 is 10.9 Å². The zero-order chi connectivity index (χ0) is 19.1. The molecular formula is C18H20N4O4. The number of esters is 1. The number of hydrogen-bond donors (Lipinski definition) is 3. The molecule has 0 atom stereocenters. The van der Waals surface area contributed by atoms with E-state index in [9.17, 15) is 14.9 Å². The average molecular weight is 356 g/mol. The number of hydrogen-bond acceptors (Lipinski definition) is 7. The van der Waals surface area contributed by atoms with Gasteiger partial charge in [-0.1, -0.05) is 11.6 Å². The summed E-state index contributed by atoms with van der Waals surface area (Å²) in [4.78, 5) is 30.7. The molecule has 0 fully saturated rings. The smallest absolute Gasteiger partial charge is 0.325 e. The van der Waals surface area contributed by atoms with Crippen molar-refractivity contribution in [2.75, 3.05) is 20.3 Å². The van der Waals surface area contributed by atoms with E-state index in [1.54, 1.807) is 12.1 Å². The fourth-order valence-corrected chi connectivity index (χ4v) is 2.44. The first-order valence-corrected chi connectivity index (χ1v) is 8.06. The molecule has 0 amide bonds. The minimum atomic E-state index is -0.501. The molecule has 0 saturated carbocycles. The number of nitrogens with zero attached hydrogens (tertiary/aromatic N) is 2. The molecule has 0 aliphatic carbocycles. The van der Waals surface area contributed by atoms with E-state index in [1.165, 1.54) is 7.11 Å². The number of aryl methyl sites for hydroxylation is 1. The van der Waals surface area contributed by atoms with E-state index in [4.69, 9.17) is 5.11 Å². The lowest BCUT2D eigenvalue weighted by atomic mass is 10.1. The number of carbonyl (C=O) groups is 1. The first-order valence-electron chi connectivity index (χ1n) is 8.06. The number of H-pyrrole nitrogens is 1. The van der Waals surface area contributed by atoms with Crippen molar-refractivity contribution in [1.29, 1.82) is 5.26 Å². The van der Waals surface area contributed by atoms with Crippen molar-refractivity contribution >= 4 is 22.4 Å². The van der Waals surface area contributed by atoms with Crippen molar-refractivity contribution in [3.05, 3.63) is 45.6 Å². The van der Waals surface area contributed by atoms with Gasteiger partial charge in [0.25, 0.3) is 5.56 Å². The van der Waals surface area contributed by atoms with Crippen molar-refractivity contribution in [2.45, 2.75) is 19.8 Å². The van der Waals surface area contributed by atoms with E-state index in [2.05, 4.69) is 20.0 Å². The number of aliphatic hydroxyl groups is 1. The number of aromatic nitrogens is 2. The molecule has 0 spiro atoms. The van der Waals surface area contributed by atoms with Crippen LogP contribution >= 0.6 is 0 Å². The fraction of sp³-hybridized carbons (Fsp3) is 0.333. The number of ether oxygens (including phenoxy) is 1. The molecule has 0 saturated heterocycles. The highest BCUT2D eigenvalue weighted by Gasteiger charge is 2.15. The predicted molar refractivity (Wildman–Crippen MR) is 96.0 cm³/mol. The van der Waals surface area contributed by atoms with Crippen molar-refractivity contribution in [1.82, 2.24) is 15.3 Å². The van der Waals surface area contributed by atoms with Gasteiger partial charge in [-0.15, -0.1) is 0 Å². The molecule has 8 nitrogen and oxygen atoms in total. The van der Waals surface area contributed by atoms with Crippen molar-refractivity contribution in [3.63, 3.8) is 0 Å². The largest absolute Gasteiger partial charge is 0.468 e. The highest BCUT2D eigenvalue weighted by molar-refractivity contribution is 5.83. The molecule has 26 heavy (non-hydrogen) atoms. The second kappa shape index (κ2) is 8.78. The number of rotatable bonds is 7. The fourth-order valence-electron chi connectivity index (χ4n) is 2.44. The van der Waals surface area contributed by atoms with Crippen LogP contribution in [0.2, 0.25) is 0 Å². The summed E-state index contributed by atoms with van der Waals surface area (Å²) in [5.41, 5.74) is 1.56. The Bertz CT molecular complexity index is 940. The minimum absolute atomic E-state index is 0.0803. The van der Waals surface area contributed by atoms with E-state index < -0.39 is 5.97 Å². The molecule has 3 N–H and O–H groups in total. The van der Waals surface area contributed by atoms with Crippen molar-refractivity contribution < 1.29 is 14.6 Å². The highest BCUT2D eigenvalue weighted by atomic mass is 16.5. The summed E-state index contributed by atoms with van der Waals surface area (Å²) in [6.07, 6.45) is 0.692. The summed E-state index contributed by atoms with van der Waals surface area (Å²) in [7, 11) is 1.26. The van der Waals surface area contributed by atoms with Crippen LogP contribution in [0.1, 0.15) is 24.2 Å². The first kappa shape index (κ1) is 19.1. The second-order valence-corrected chi connectivity index (χ2v) is 5.66. The molecule has 136 valence electrons. The van der Waals surface area contributed by atoms with Gasteiger partial charge in [-0.3, -0.25) is 9.59 Å². The third-order valence-electron chi connectivity index (χ3n) is 3.77. The van der Waals surface area contributed by atoms with E-state index in [-0.39, 0.29) is 30.1 Å². The third kappa shape index (κ3) is 4.46. The number of aromatic amines is 1. The number of nitrogens with one attached hydrogen (secondary N) is 2. The molecule has 0 aliphatic heterocycles. The molecule has 2 aromatic rings. The summed E-state index contributed by atoms with van der Waals surface area (Å²) in [6.45, 7) is 1.65. The normalized spacial score (nSPS) is 11.6. The van der Waals surface area contributed by atoms with Crippen molar-refractivity contribution in [2.24, 2.45) is 0 Å². The zero-order valence-electron chi connectivity index (χ0n) is 14.6. The number of allylic oxidation sites excluding steroid dienone is 2. The molecule has 1 aromatic carbocycles. The van der Waals surface area contributed by atoms with Crippen molar-refractivity contribution in [3.8, 4) is 6.07 Å². The molecule has 2 rings (SSSR count). The Morgan fingerprint density at radius 3 is 2.88 bits per heavy atom. The minimum Gasteiger partial charge on any atom is -0.468 e. The van der Waals surface area contributed by atoms with Crippen LogP contribution in [-0.4, -0.2) is 41.3 Å². The van der Waals surface area contributed by atoms with Crippen LogP contribution in [0.5, 0.6) is 0 Å². The van der Waals surface area contributed by atoms with E-state index >= 15 is 0 Å². The number of methoxy groups -OCH3 is 1. The topological polar surface area (TPSA) is 128 Å². The van der Waals surface area contributed by atoms with Gasteiger partial charge in [-0.05, 0) is 31.9 Å². The van der Waals surface area contributed by atoms with Gasteiger partial charge in [0.1, 0.15) is 18.2 Å². The average Bonchev–Trinajstić information content (AvgIpc) is 2.64. The van der Waals surface area contributed by atoms with Crippen LogP contribution in [0, 0.1) is 18.3 Å². The van der Waals surface area contributed by atoms with Crippen LogP contribution in [0.15, 0.2) is 28.7 Å². The number of nitriles is 1. The molecule has 8 heteroatoms. The van der Waals surface area contributed by atoms with Gasteiger partial charge in [0.15, 0.2) is 5.82 Å². The highest BCUT2D eigenvalue weighted by Crippen LogP contribution is 2.18. The van der Waals surface area contributed by atoms with Gasteiger partial charge in [-0.25, -0.2) is 4.98 Å². The summed E-state index contributed by atoms with van der Waals surface area (Å²) in [5, 5.41) is 21.9. The second-order valence-electron chi connectivity index (χ2n) is 5.66. The molecule has 1 heterocycles. The zero-order valence-corrected chi connectivity index (χ0v) is 14.6. The monoisotopic (exact) mass is 356 g/mol. The summed E-state index contributed by atoms with van der Waals surface area (Å²) in [6, 6.07) is 7.29. The summed E-state index contributed by atoms with van der Waals surface area (Å²) in [5.74, 6) is -0.390. The maximum Gasteiger partial charge on any atom is 0.325 e. The number of fused-ring (bicyclic) bond motifs is 1. The van der Waals surface area contributed by atoms with Gasteiger partial charge < -0.3 is 20.1 Å². The maximum absolute atomic E-state index is 12.4. The standard InChI is InChI=1S/C18H20N4O4/c1-11-5-6-15-12(8-11)18(25)22-17(21-15)13(9-19)14(4-3-7-23)20-10-16(24)26-2/h5-6,8,20,23H,3-4,7,10H2,1-2H3,(H,21,22,25)/b14-13-. The van der Waals surface area contributed by atoms with Gasteiger partial charge in [-0.2, -0.15) is 5.26 Å². The lowest BCUT2D eigenvalue weighted by Crippen LogP contribution is -2.25. The number of aliphatic hydroxyl groups excluding tert-OH is 1. The Morgan fingerprint density at radius 2 is 2.23 bits per heavy atom. The SMILES string of the molecule is COC(=O)CN/C(CCCO)=C(/C#N)c1nc2ccc(C)cc2c(=O)[nH]1. The quantitative estimate of drug-likeness (QED) is 0.499.